The first-order valence-corrected chi connectivity index (χ1v) is 35.9. The van der Waals surface area contributed by atoms with Crippen molar-refractivity contribution in [2.75, 3.05) is 24.2 Å². The number of ether oxygens (including phenoxy) is 5. The van der Waals surface area contributed by atoms with Gasteiger partial charge in [0.15, 0.2) is 22.9 Å². The lowest BCUT2D eigenvalue weighted by molar-refractivity contribution is -0.157. The topological polar surface area (TPSA) is 370 Å². The van der Waals surface area contributed by atoms with Gasteiger partial charge in [-0.1, -0.05) is 91.0 Å². The smallest absolute Gasteiger partial charge is 0.350 e. The maximum absolute atomic E-state index is 15.0. The molecule has 0 unspecified atom stereocenters. The lowest BCUT2D eigenvalue weighted by Gasteiger charge is -2.37. The molecule has 512 valence electrons. The van der Waals surface area contributed by atoms with E-state index in [4.69, 9.17) is 56.5 Å². The van der Waals surface area contributed by atoms with E-state index in [0.29, 0.717) is 53.2 Å². The molecule has 4 heterocycles. The van der Waals surface area contributed by atoms with Crippen LogP contribution in [-0.2, 0) is 60.3 Å². The number of halogens is 1. The zero-order valence-electron chi connectivity index (χ0n) is 55.1. The number of carbonyl (C=O) groups is 3. The van der Waals surface area contributed by atoms with Crippen molar-refractivity contribution in [3.05, 3.63) is 133 Å². The van der Waals surface area contributed by atoms with E-state index in [1.807, 2.05) is 25.1 Å². The molecule has 94 heavy (non-hydrogen) atoms. The molecular weight excluding hydrogens is 1260 g/mol. The molecule has 0 spiro atoms. The number of hydrogen-bond donors (Lipinski definition) is 7. The van der Waals surface area contributed by atoms with E-state index in [9.17, 15) is 23.5 Å². The van der Waals surface area contributed by atoms with E-state index in [1.165, 1.54) is 35.7 Å². The van der Waals surface area contributed by atoms with Gasteiger partial charge in [0.05, 0.1) is 38.0 Å². The van der Waals surface area contributed by atoms with E-state index in [2.05, 4.69) is 113 Å². The second kappa shape index (κ2) is 33.3. The van der Waals surface area contributed by atoms with Crippen molar-refractivity contribution >= 4 is 78.5 Å². The summed E-state index contributed by atoms with van der Waals surface area (Å²) in [4.78, 5) is 80.4. The van der Waals surface area contributed by atoms with Crippen molar-refractivity contribution in [3.8, 4) is 0 Å². The molecule has 11 N–H and O–H groups in total. The van der Waals surface area contributed by atoms with Gasteiger partial charge in [0.2, 0.25) is 7.44 Å². The molecule has 7 aromatic rings. The Hall–Kier alpha value is -6.76. The number of nitrogen functional groups attached to an aromatic ring is 2. The molecule has 0 aliphatic heterocycles. The third kappa shape index (κ3) is 21.6. The number of benzene rings is 3. The summed E-state index contributed by atoms with van der Waals surface area (Å²) in [5.41, 5.74) is 14.9. The van der Waals surface area contributed by atoms with Crippen LogP contribution in [0.5, 0.6) is 0 Å². The Bertz CT molecular complexity index is 3550. The lowest BCUT2D eigenvalue weighted by Crippen LogP contribution is -2.54. The van der Waals surface area contributed by atoms with Crippen molar-refractivity contribution in [2.24, 2.45) is 0 Å². The van der Waals surface area contributed by atoms with Gasteiger partial charge in [-0.15, -0.1) is 11.6 Å². The first kappa shape index (κ1) is 74.6. The third-order valence-corrected chi connectivity index (χ3v) is 19.9. The summed E-state index contributed by atoms with van der Waals surface area (Å²) in [6.07, 6.45) is 14.2. The van der Waals surface area contributed by atoms with Gasteiger partial charge in [0.25, 0.3) is 0 Å². The average molecular weight is 1360 g/mol. The number of rotatable bonds is 23. The molecule has 3 fully saturated rings. The van der Waals surface area contributed by atoms with Gasteiger partial charge >= 0.3 is 25.5 Å². The molecule has 3 saturated carbocycles. The molecule has 0 radical (unpaired) electrons. The monoisotopic (exact) mass is 1360 g/mol. The summed E-state index contributed by atoms with van der Waals surface area (Å²) in [5.74, 6) is 0.651. The third-order valence-electron chi connectivity index (χ3n) is 16.9. The first-order chi connectivity index (χ1) is 44.0. The summed E-state index contributed by atoms with van der Waals surface area (Å²) in [7, 11) is -8.03. The Labute approximate surface area is 555 Å². The molecule has 25 nitrogen and oxygen atoms in total. The molecule has 10 rings (SSSR count). The van der Waals surface area contributed by atoms with Gasteiger partial charge in [-0.2, -0.15) is 0 Å². The minimum atomic E-state index is -4.16. The minimum Gasteiger partial charge on any atom is -0.461 e. The summed E-state index contributed by atoms with van der Waals surface area (Å²) in [5, 5.41) is 6.13. The molecule has 3 aliphatic carbocycles. The number of nitrogens with two attached hydrogens (primary N) is 2. The van der Waals surface area contributed by atoms with E-state index in [1.54, 1.807) is 63.9 Å². The van der Waals surface area contributed by atoms with Crippen molar-refractivity contribution in [1.29, 1.82) is 0 Å². The summed E-state index contributed by atoms with van der Waals surface area (Å²) >= 11 is 5.95. The number of nitrogens with zero attached hydrogens (tertiary/aromatic N) is 8. The predicted octanol–water partition coefficient (Wildman–Crippen LogP) is 11.6. The van der Waals surface area contributed by atoms with Crippen LogP contribution < -0.4 is 27.8 Å². The first-order valence-electron chi connectivity index (χ1n) is 31.8. The fraction of sp³-hybridized carbons (Fsp3) is 0.530. The number of nitrogens with one attached hydrogen (secondary N) is 2. The van der Waals surface area contributed by atoms with Crippen LogP contribution in [0.25, 0.3) is 22.3 Å². The largest absolute Gasteiger partial charge is 0.461 e. The average Bonchev–Trinajstić information content (AvgIpc) is 0.909. The van der Waals surface area contributed by atoms with Gasteiger partial charge in [-0.3, -0.25) is 23.5 Å². The highest BCUT2D eigenvalue weighted by atomic mass is 35.5. The van der Waals surface area contributed by atoms with Crippen LogP contribution in [0.3, 0.4) is 0 Å². The Balaban J connectivity index is 0.000000259. The summed E-state index contributed by atoms with van der Waals surface area (Å²) in [6, 6.07) is 31.4. The second-order valence-corrected chi connectivity index (χ2v) is 30.8. The van der Waals surface area contributed by atoms with Crippen LogP contribution in [0.4, 0.5) is 11.6 Å². The number of imidazole rings is 2. The highest BCUT2D eigenvalue weighted by molar-refractivity contribution is 7.59. The highest BCUT2D eigenvalue weighted by Crippen LogP contribution is 2.44. The van der Waals surface area contributed by atoms with Crippen molar-refractivity contribution in [1.82, 2.24) is 55.4 Å². The summed E-state index contributed by atoms with van der Waals surface area (Å²) in [6.45, 7) is 14.1. The van der Waals surface area contributed by atoms with Gasteiger partial charge in [0.1, 0.15) is 70.6 Å². The number of anilines is 2. The second-order valence-electron chi connectivity index (χ2n) is 26.1. The van der Waals surface area contributed by atoms with Gasteiger partial charge < -0.3 is 60.2 Å². The van der Waals surface area contributed by atoms with Gasteiger partial charge in [-0.25, -0.2) is 40.1 Å². The zero-order chi connectivity index (χ0) is 67.1. The Morgan fingerprint density at radius 1 is 0.532 bits per heavy atom. The van der Waals surface area contributed by atoms with Crippen LogP contribution >= 0.6 is 26.6 Å². The zero-order valence-corrected chi connectivity index (χ0v) is 57.6. The van der Waals surface area contributed by atoms with E-state index >= 15 is 0 Å². The van der Waals surface area contributed by atoms with E-state index < -0.39 is 61.5 Å². The number of alkyl halides is 1. The van der Waals surface area contributed by atoms with Crippen molar-refractivity contribution in [3.63, 3.8) is 0 Å². The molecule has 2 atom stereocenters. The number of fused-ring (bicyclic) bond motifs is 2. The van der Waals surface area contributed by atoms with Crippen LogP contribution in [0.1, 0.15) is 167 Å². The predicted molar refractivity (Wildman–Crippen MR) is 362 cm³/mol. The standard InChI is InChI=1S/C41H56N7O6P.C16H21ClO2.C9H14N5O4P.H3N/c1-28(24-48-26-45-35-36(42)43-25-44-37(35)48)52-27-55(51,46-40(2,3)38(49)53-33-20-16-31(17-21-33)29-12-8-6-9-13-29)47-41(4,5)39(50)54-34-22-18-32(19-23-34)30-14-10-7-11-15-30;1-16(2,17)15(18)19-14-10-8-13(9-11-14)12-6-4-3-5-7-12;1-6(18-5-19(15,16)17)2-14-4-13-7-8(10)11-3-12-9(7)14;/h6-15,25-26,28,31-34H,16-24,27H2,1-5H3,(H2,42,43,44)(H2,46,47,51);3-7,13-14H,8-11H2,1-2H3;3-4,6H,2,5H2,1H3,(H2,10,11,12)(H2,15,16,17);1H3/t28-,31?,32?,33?,34?,55?;;6-;/m1.1./s1. The Morgan fingerprint density at radius 3 is 1.17 bits per heavy atom. The molecule has 4 aromatic heterocycles. The molecule has 3 aromatic carbocycles. The van der Waals surface area contributed by atoms with Crippen LogP contribution in [0.15, 0.2) is 116 Å². The van der Waals surface area contributed by atoms with Crippen LogP contribution in [0.2, 0.25) is 0 Å². The number of carbonyl (C=O) groups excluding carboxylic acids is 3. The molecule has 28 heteroatoms. The fourth-order valence-corrected chi connectivity index (χ4v) is 15.0. The SMILES string of the molecule is CC(C)(Cl)C(=O)OC1CCC(c2ccccc2)CC1.C[C@H](Cn1cnc2c(N)ncnc21)OCP(=O)(NC(C)(C)C(=O)OC1CCC(c2ccccc2)CC1)NC(C)(C)C(=O)OC1CCC(c2ccccc2)CC1.C[C@H](Cn1cnc2c(N)ncnc21)OCP(=O)(O)O.N. The van der Waals surface area contributed by atoms with E-state index in [0.717, 1.165) is 77.0 Å². The molecule has 0 saturated heterocycles. The van der Waals surface area contributed by atoms with Crippen molar-refractivity contribution < 1.29 is 57.0 Å². The molecule has 3 aliphatic rings. The fourth-order valence-electron chi connectivity index (χ4n) is 11.9. The van der Waals surface area contributed by atoms with Gasteiger partial charge in [0, 0.05) is 0 Å². The maximum atomic E-state index is 15.0. The van der Waals surface area contributed by atoms with Crippen molar-refractivity contribution in [2.45, 2.75) is 210 Å². The van der Waals surface area contributed by atoms with E-state index in [-0.39, 0.29) is 48.4 Å². The number of esters is 3. The van der Waals surface area contributed by atoms with Crippen LogP contribution in [0, 0.1) is 0 Å². The highest BCUT2D eigenvalue weighted by Gasteiger charge is 2.45. The van der Waals surface area contributed by atoms with Gasteiger partial charge in [-0.05, 0) is 167 Å². The number of aromatic nitrogens is 8. The minimum absolute atomic E-state index is 0. The Kier molecular flexibility index (Phi) is 26.4. The molecular formula is C66H94ClN13O12P2. The molecule has 0 bridgehead atoms. The van der Waals surface area contributed by atoms with Crippen LogP contribution in [-0.4, -0.2) is 126 Å². The normalized spacial score (nSPS) is 20.8. The quantitative estimate of drug-likeness (QED) is 0.0135. The maximum Gasteiger partial charge on any atom is 0.350 e. The Morgan fingerprint density at radius 2 is 0.851 bits per heavy atom. The lowest BCUT2D eigenvalue weighted by atomic mass is 9.83. The summed E-state index contributed by atoms with van der Waals surface area (Å²) < 4.78 is 58.0. The molecule has 0 amide bonds. The number of hydrogen-bond acceptors (Lipinski definition) is 19.